The molecule has 1 aromatic carbocycles. The molecule has 0 saturated carbocycles. The first-order valence-corrected chi connectivity index (χ1v) is 7.46. The highest BCUT2D eigenvalue weighted by molar-refractivity contribution is 5.41. The Bertz CT molecular complexity index is 631. The molecule has 0 amide bonds. The number of para-hydroxylation sites is 1. The van der Waals surface area contributed by atoms with Gasteiger partial charge in [-0.3, -0.25) is 0 Å². The lowest BCUT2D eigenvalue weighted by atomic mass is 9.92. The van der Waals surface area contributed by atoms with E-state index in [4.69, 9.17) is 20.4 Å². The van der Waals surface area contributed by atoms with Gasteiger partial charge in [0.15, 0.2) is 0 Å². The number of hydrogen-bond donors (Lipinski definition) is 1. The smallest absolute Gasteiger partial charge is 0.136 e. The van der Waals surface area contributed by atoms with Gasteiger partial charge in [-0.05, 0) is 44.9 Å². The molecular weight excluding hydrogens is 262 g/mol. The van der Waals surface area contributed by atoms with Gasteiger partial charge in [-0.1, -0.05) is 18.2 Å². The minimum Gasteiger partial charge on any atom is -0.493 e. The van der Waals surface area contributed by atoms with Gasteiger partial charge < -0.3 is 10.5 Å². The molecule has 0 saturated heterocycles. The molecule has 1 aliphatic heterocycles. The average Bonchev–Trinajstić information content (AvgIpc) is 2.50. The second-order valence-electron chi connectivity index (χ2n) is 5.50. The van der Waals surface area contributed by atoms with E-state index < -0.39 is 0 Å². The first-order valence-electron chi connectivity index (χ1n) is 7.46. The molecule has 3 rings (SSSR count). The molecule has 1 unspecified atom stereocenters. The van der Waals surface area contributed by atoms with Crippen molar-refractivity contribution >= 4 is 0 Å². The van der Waals surface area contributed by atoms with Crippen LogP contribution in [0.1, 0.15) is 40.7 Å². The number of nitrogens with two attached hydrogens (primary N) is 1. The largest absolute Gasteiger partial charge is 0.493 e. The van der Waals surface area contributed by atoms with Gasteiger partial charge in [0.05, 0.1) is 12.5 Å². The maximum absolute atomic E-state index is 5.73. The van der Waals surface area contributed by atoms with Crippen LogP contribution in [0.3, 0.4) is 0 Å². The Morgan fingerprint density at radius 1 is 1.19 bits per heavy atom. The molecule has 4 nitrogen and oxygen atoms in total. The van der Waals surface area contributed by atoms with Crippen LogP contribution in [0.2, 0.25) is 0 Å². The first-order chi connectivity index (χ1) is 10.2. The van der Waals surface area contributed by atoms with Gasteiger partial charge in [-0.2, -0.15) is 0 Å². The summed E-state index contributed by atoms with van der Waals surface area (Å²) in [5.41, 5.74) is 10.1. The summed E-state index contributed by atoms with van der Waals surface area (Å²) >= 11 is 0. The molecule has 0 bridgehead atoms. The fourth-order valence-corrected chi connectivity index (χ4v) is 3.04. The summed E-state index contributed by atoms with van der Waals surface area (Å²) < 4.78 is 5.73. The van der Waals surface area contributed by atoms with Crippen LogP contribution in [-0.4, -0.2) is 23.1 Å². The maximum atomic E-state index is 5.73. The van der Waals surface area contributed by atoms with E-state index in [1.807, 2.05) is 18.2 Å². The molecule has 0 aliphatic carbocycles. The van der Waals surface area contributed by atoms with E-state index in [1.54, 1.807) is 0 Å². The van der Waals surface area contributed by atoms with Gasteiger partial charge in [0.2, 0.25) is 0 Å². The fraction of sp³-hybridized carbons (Fsp3) is 0.412. The van der Waals surface area contributed by atoms with Crippen molar-refractivity contribution in [3.8, 4) is 5.75 Å². The Balaban J connectivity index is 2.02. The molecule has 2 aromatic rings. The van der Waals surface area contributed by atoms with Crippen molar-refractivity contribution in [2.24, 2.45) is 5.73 Å². The number of rotatable bonds is 3. The van der Waals surface area contributed by atoms with Crippen LogP contribution in [0.25, 0.3) is 0 Å². The van der Waals surface area contributed by atoms with Crippen LogP contribution in [-0.2, 0) is 6.42 Å². The Morgan fingerprint density at radius 2 is 1.90 bits per heavy atom. The average molecular weight is 283 g/mol. The van der Waals surface area contributed by atoms with Crippen molar-refractivity contribution < 1.29 is 4.74 Å². The van der Waals surface area contributed by atoms with E-state index >= 15 is 0 Å². The van der Waals surface area contributed by atoms with Crippen LogP contribution in [0.5, 0.6) is 5.75 Å². The molecule has 0 fully saturated rings. The van der Waals surface area contributed by atoms with Crippen molar-refractivity contribution in [1.82, 2.24) is 9.97 Å². The third-order valence-electron chi connectivity index (χ3n) is 4.10. The number of fused-ring (bicyclic) bond motifs is 1. The van der Waals surface area contributed by atoms with Gasteiger partial charge in [0, 0.05) is 17.0 Å². The minimum atomic E-state index is 0.222. The number of ether oxygens (including phenoxy) is 1. The SMILES string of the molecule is Cc1nc(C2CCOc3ccccc32)nc(C)c1CCN. The second kappa shape index (κ2) is 5.82. The van der Waals surface area contributed by atoms with Crippen LogP contribution < -0.4 is 10.5 Å². The first kappa shape index (κ1) is 14.0. The predicted octanol–water partition coefficient (Wildman–Crippen LogP) is 2.51. The predicted molar refractivity (Wildman–Crippen MR) is 82.7 cm³/mol. The zero-order chi connectivity index (χ0) is 14.8. The Labute approximate surface area is 125 Å². The summed E-state index contributed by atoms with van der Waals surface area (Å²) in [6, 6.07) is 8.18. The van der Waals surface area contributed by atoms with E-state index in [2.05, 4.69) is 19.9 Å². The molecule has 0 spiro atoms. The van der Waals surface area contributed by atoms with Crippen molar-refractivity contribution in [1.29, 1.82) is 0 Å². The zero-order valence-electron chi connectivity index (χ0n) is 12.6. The van der Waals surface area contributed by atoms with E-state index in [1.165, 1.54) is 11.1 Å². The number of aromatic nitrogens is 2. The molecule has 1 aromatic heterocycles. The highest BCUT2D eigenvalue weighted by atomic mass is 16.5. The van der Waals surface area contributed by atoms with Crippen molar-refractivity contribution in [2.75, 3.05) is 13.2 Å². The van der Waals surface area contributed by atoms with Crippen molar-refractivity contribution in [3.63, 3.8) is 0 Å². The molecular formula is C17H21N3O. The molecule has 2 N–H and O–H groups in total. The summed E-state index contributed by atoms with van der Waals surface area (Å²) in [7, 11) is 0. The van der Waals surface area contributed by atoms with Crippen molar-refractivity contribution in [3.05, 3.63) is 52.6 Å². The van der Waals surface area contributed by atoms with Crippen molar-refractivity contribution in [2.45, 2.75) is 32.6 Å². The topological polar surface area (TPSA) is 61.0 Å². The Kier molecular flexibility index (Phi) is 3.88. The molecule has 2 heterocycles. The van der Waals surface area contributed by atoms with Gasteiger partial charge in [0.1, 0.15) is 11.6 Å². The normalized spacial score (nSPS) is 17.2. The number of aryl methyl sites for hydroxylation is 2. The van der Waals surface area contributed by atoms with Gasteiger partial charge in [0.25, 0.3) is 0 Å². The standard InChI is InChI=1S/C17H21N3O/c1-11-13(7-9-18)12(2)20-17(19-11)15-8-10-21-16-6-4-3-5-14(15)16/h3-6,15H,7-10,18H2,1-2H3. The second-order valence-corrected chi connectivity index (χ2v) is 5.50. The molecule has 110 valence electrons. The maximum Gasteiger partial charge on any atom is 0.136 e. The van der Waals surface area contributed by atoms with E-state index in [0.717, 1.165) is 35.8 Å². The van der Waals surface area contributed by atoms with Crippen LogP contribution in [0.4, 0.5) is 0 Å². The Hall–Kier alpha value is -1.94. The molecule has 4 heteroatoms. The number of benzene rings is 1. The summed E-state index contributed by atoms with van der Waals surface area (Å²) in [4.78, 5) is 9.51. The lowest BCUT2D eigenvalue weighted by molar-refractivity contribution is 0.274. The summed E-state index contributed by atoms with van der Waals surface area (Å²) in [6.45, 7) is 5.45. The molecule has 0 radical (unpaired) electrons. The summed E-state index contributed by atoms with van der Waals surface area (Å²) in [5, 5.41) is 0. The number of nitrogens with zero attached hydrogens (tertiary/aromatic N) is 2. The van der Waals surface area contributed by atoms with Gasteiger partial charge in [-0.25, -0.2) is 9.97 Å². The van der Waals surface area contributed by atoms with Gasteiger partial charge in [-0.15, -0.1) is 0 Å². The highest BCUT2D eigenvalue weighted by Gasteiger charge is 2.25. The monoisotopic (exact) mass is 283 g/mol. The fourth-order valence-electron chi connectivity index (χ4n) is 3.04. The van der Waals surface area contributed by atoms with Gasteiger partial charge >= 0.3 is 0 Å². The van der Waals surface area contributed by atoms with E-state index in [-0.39, 0.29) is 5.92 Å². The van der Waals surface area contributed by atoms with E-state index in [0.29, 0.717) is 13.2 Å². The highest BCUT2D eigenvalue weighted by Crippen LogP contribution is 2.36. The summed E-state index contributed by atoms with van der Waals surface area (Å²) in [6.07, 6.45) is 1.76. The minimum absolute atomic E-state index is 0.222. The van der Waals surface area contributed by atoms with Crippen LogP contribution in [0, 0.1) is 13.8 Å². The third-order valence-corrected chi connectivity index (χ3v) is 4.10. The number of hydrogen-bond acceptors (Lipinski definition) is 4. The Morgan fingerprint density at radius 3 is 2.62 bits per heavy atom. The molecule has 1 aliphatic rings. The quantitative estimate of drug-likeness (QED) is 0.940. The third kappa shape index (κ3) is 2.63. The molecule has 1 atom stereocenters. The molecule has 21 heavy (non-hydrogen) atoms. The van der Waals surface area contributed by atoms with Crippen LogP contribution in [0.15, 0.2) is 24.3 Å². The summed E-state index contributed by atoms with van der Waals surface area (Å²) in [5.74, 6) is 2.08. The van der Waals surface area contributed by atoms with E-state index in [9.17, 15) is 0 Å². The zero-order valence-corrected chi connectivity index (χ0v) is 12.6. The lowest BCUT2D eigenvalue weighted by Gasteiger charge is -2.25. The lowest BCUT2D eigenvalue weighted by Crippen LogP contribution is -2.19. The van der Waals surface area contributed by atoms with Crippen LogP contribution >= 0.6 is 0 Å².